The summed E-state index contributed by atoms with van der Waals surface area (Å²) in [5.41, 5.74) is 2.72. The van der Waals surface area contributed by atoms with Crippen LogP contribution in [0, 0.1) is 5.82 Å². The van der Waals surface area contributed by atoms with Crippen LogP contribution >= 0.6 is 36.4 Å². The minimum absolute atomic E-state index is 0. The zero-order valence-corrected chi connectivity index (χ0v) is 19.5. The largest absolute Gasteiger partial charge is 0.490 e. The van der Waals surface area contributed by atoms with Gasteiger partial charge in [0.15, 0.2) is 11.5 Å². The molecule has 0 saturated heterocycles. The number of hydrogen-bond acceptors (Lipinski definition) is 4. The van der Waals surface area contributed by atoms with Crippen molar-refractivity contribution in [3.8, 4) is 11.5 Å². The fourth-order valence-corrected chi connectivity index (χ4v) is 2.97. The molecule has 0 unspecified atom stereocenters. The molecule has 2 aromatic carbocycles. The molecule has 0 spiro atoms. The first-order valence-electron chi connectivity index (χ1n) is 9.58. The molecular weight excluding hydrogens is 462 g/mol. The number of benzene rings is 2. The number of hydrogen-bond donors (Lipinski definition) is 1. The topological polar surface area (TPSA) is 43.4 Å². The monoisotopic (exact) mass is 486 g/mol. The normalized spacial score (nSPS) is 10.0. The number of aromatic nitrogens is 1. The Kier molecular flexibility index (Phi) is 12.3. The molecule has 0 bridgehead atoms. The molecule has 8 heteroatoms. The van der Waals surface area contributed by atoms with E-state index in [0.29, 0.717) is 49.4 Å². The Bertz CT molecular complexity index is 927. The second kappa shape index (κ2) is 14.1. The number of ether oxygens (including phenoxy) is 2. The summed E-state index contributed by atoms with van der Waals surface area (Å²) >= 11 is 5.81. The predicted molar refractivity (Wildman–Crippen MR) is 127 cm³/mol. The molecule has 3 rings (SSSR count). The molecule has 1 N–H and O–H groups in total. The standard InChI is InChI=1S/C23H24ClFN2O2.2ClH/c1-2-28-22-13-17(14-26-12-11-19-5-3-4-6-20(19)25)7-9-21(22)29-16-18-8-10-23(24)27-15-18;;/h3-10,13,15,26H,2,11-12,14,16H2,1H3;2*1H. The van der Waals surface area contributed by atoms with Gasteiger partial charge in [-0.15, -0.1) is 24.8 Å². The average molecular weight is 488 g/mol. The molecule has 0 aliphatic carbocycles. The van der Waals surface area contributed by atoms with Crippen LogP contribution in [0.15, 0.2) is 60.8 Å². The zero-order valence-electron chi connectivity index (χ0n) is 17.1. The van der Waals surface area contributed by atoms with Gasteiger partial charge in [0, 0.05) is 18.3 Å². The third-order valence-electron chi connectivity index (χ3n) is 4.35. The first-order chi connectivity index (χ1) is 14.2. The van der Waals surface area contributed by atoms with Gasteiger partial charge in [-0.25, -0.2) is 9.37 Å². The number of pyridine rings is 1. The van der Waals surface area contributed by atoms with Crippen molar-refractivity contribution < 1.29 is 13.9 Å². The Labute approximate surface area is 200 Å². The van der Waals surface area contributed by atoms with Crippen molar-refractivity contribution in [2.45, 2.75) is 26.5 Å². The molecule has 1 aromatic heterocycles. The predicted octanol–water partition coefficient (Wildman–Crippen LogP) is 6.03. The summed E-state index contributed by atoms with van der Waals surface area (Å²) in [7, 11) is 0. The van der Waals surface area contributed by atoms with Crippen LogP contribution in [-0.4, -0.2) is 18.1 Å². The van der Waals surface area contributed by atoms with Crippen LogP contribution in [0.25, 0.3) is 0 Å². The second-order valence-electron chi connectivity index (χ2n) is 6.51. The number of rotatable bonds is 10. The molecule has 0 aliphatic heterocycles. The van der Waals surface area contributed by atoms with E-state index in [1.807, 2.05) is 43.3 Å². The summed E-state index contributed by atoms with van der Waals surface area (Å²) in [6, 6.07) is 16.3. The molecular formula is C23H26Cl3FN2O2. The molecule has 4 nitrogen and oxygen atoms in total. The lowest BCUT2D eigenvalue weighted by Gasteiger charge is -2.14. The van der Waals surface area contributed by atoms with Crippen molar-refractivity contribution in [3.63, 3.8) is 0 Å². The van der Waals surface area contributed by atoms with E-state index < -0.39 is 0 Å². The van der Waals surface area contributed by atoms with Crippen LogP contribution in [0.3, 0.4) is 0 Å². The van der Waals surface area contributed by atoms with Gasteiger partial charge < -0.3 is 14.8 Å². The highest BCUT2D eigenvalue weighted by atomic mass is 35.5. The van der Waals surface area contributed by atoms with Gasteiger partial charge in [-0.1, -0.05) is 41.9 Å². The molecule has 0 saturated carbocycles. The van der Waals surface area contributed by atoms with E-state index in [4.69, 9.17) is 21.1 Å². The SMILES string of the molecule is CCOc1cc(CNCCc2ccccc2F)ccc1OCc1ccc(Cl)nc1.Cl.Cl. The maximum absolute atomic E-state index is 13.7. The first-order valence-corrected chi connectivity index (χ1v) is 9.96. The van der Waals surface area contributed by atoms with Crippen LogP contribution in [-0.2, 0) is 19.6 Å². The third kappa shape index (κ3) is 8.54. The van der Waals surface area contributed by atoms with Crippen molar-refractivity contribution in [1.82, 2.24) is 10.3 Å². The van der Waals surface area contributed by atoms with Crippen molar-refractivity contribution in [1.29, 1.82) is 0 Å². The molecule has 31 heavy (non-hydrogen) atoms. The van der Waals surface area contributed by atoms with E-state index in [-0.39, 0.29) is 30.6 Å². The fraction of sp³-hybridized carbons (Fsp3) is 0.261. The Hall–Kier alpha value is -2.05. The van der Waals surface area contributed by atoms with Gasteiger partial charge in [-0.2, -0.15) is 0 Å². The van der Waals surface area contributed by atoms with Gasteiger partial charge in [-0.05, 0) is 55.3 Å². The molecule has 3 aromatic rings. The molecule has 168 valence electrons. The summed E-state index contributed by atoms with van der Waals surface area (Å²) in [4.78, 5) is 4.06. The summed E-state index contributed by atoms with van der Waals surface area (Å²) in [6.45, 7) is 4.21. The van der Waals surface area contributed by atoms with Crippen molar-refractivity contribution in [2.75, 3.05) is 13.2 Å². The van der Waals surface area contributed by atoms with Crippen LogP contribution in [0.2, 0.25) is 5.15 Å². The lowest BCUT2D eigenvalue weighted by Crippen LogP contribution is -2.17. The summed E-state index contributed by atoms with van der Waals surface area (Å²) in [5, 5.41) is 3.80. The quantitative estimate of drug-likeness (QED) is 0.280. The molecule has 0 atom stereocenters. The summed E-state index contributed by atoms with van der Waals surface area (Å²) in [6.07, 6.45) is 2.33. The maximum Gasteiger partial charge on any atom is 0.161 e. The number of halogens is 4. The third-order valence-corrected chi connectivity index (χ3v) is 4.57. The molecule has 0 radical (unpaired) electrons. The minimum Gasteiger partial charge on any atom is -0.490 e. The Morgan fingerprint density at radius 2 is 1.74 bits per heavy atom. The zero-order chi connectivity index (χ0) is 20.5. The lowest BCUT2D eigenvalue weighted by molar-refractivity contribution is 0.269. The first kappa shape index (κ1) is 27.0. The summed E-state index contributed by atoms with van der Waals surface area (Å²) in [5.74, 6) is 1.21. The van der Waals surface area contributed by atoms with Crippen LogP contribution < -0.4 is 14.8 Å². The van der Waals surface area contributed by atoms with Crippen LogP contribution in [0.4, 0.5) is 4.39 Å². The van der Waals surface area contributed by atoms with E-state index in [1.54, 1.807) is 18.3 Å². The van der Waals surface area contributed by atoms with Gasteiger partial charge >= 0.3 is 0 Å². The van der Waals surface area contributed by atoms with E-state index in [2.05, 4.69) is 10.3 Å². The number of nitrogens with one attached hydrogen (secondary N) is 1. The van der Waals surface area contributed by atoms with E-state index in [9.17, 15) is 4.39 Å². The average Bonchev–Trinajstić information content (AvgIpc) is 2.73. The van der Waals surface area contributed by atoms with Gasteiger partial charge in [0.25, 0.3) is 0 Å². The highest BCUT2D eigenvalue weighted by molar-refractivity contribution is 6.29. The van der Waals surface area contributed by atoms with E-state index >= 15 is 0 Å². The van der Waals surface area contributed by atoms with Crippen LogP contribution in [0.5, 0.6) is 11.5 Å². The highest BCUT2D eigenvalue weighted by Gasteiger charge is 2.08. The molecule has 0 aliphatic rings. The Balaban J connectivity index is 0.00000240. The molecule has 0 amide bonds. The van der Waals surface area contributed by atoms with Gasteiger partial charge in [-0.3, -0.25) is 0 Å². The van der Waals surface area contributed by atoms with Crippen molar-refractivity contribution in [2.24, 2.45) is 0 Å². The molecule has 0 fully saturated rings. The van der Waals surface area contributed by atoms with E-state index in [1.165, 1.54) is 6.07 Å². The van der Waals surface area contributed by atoms with E-state index in [0.717, 1.165) is 16.7 Å². The summed E-state index contributed by atoms with van der Waals surface area (Å²) < 4.78 is 25.3. The number of nitrogens with zero attached hydrogens (tertiary/aromatic N) is 1. The van der Waals surface area contributed by atoms with Gasteiger partial charge in [0.1, 0.15) is 17.6 Å². The van der Waals surface area contributed by atoms with Gasteiger partial charge in [0.05, 0.1) is 6.61 Å². The van der Waals surface area contributed by atoms with Crippen molar-refractivity contribution in [3.05, 3.63) is 88.5 Å². The highest BCUT2D eigenvalue weighted by Crippen LogP contribution is 2.29. The minimum atomic E-state index is -0.162. The van der Waals surface area contributed by atoms with Crippen LogP contribution in [0.1, 0.15) is 23.6 Å². The maximum atomic E-state index is 13.7. The second-order valence-corrected chi connectivity index (χ2v) is 6.90. The van der Waals surface area contributed by atoms with Gasteiger partial charge in [0.2, 0.25) is 0 Å². The van der Waals surface area contributed by atoms with Crippen molar-refractivity contribution >= 4 is 36.4 Å². The smallest absolute Gasteiger partial charge is 0.161 e. The Morgan fingerprint density at radius 3 is 2.45 bits per heavy atom. The fourth-order valence-electron chi connectivity index (χ4n) is 2.86. The lowest BCUT2D eigenvalue weighted by atomic mass is 10.1. The molecule has 1 heterocycles. The Morgan fingerprint density at radius 1 is 0.968 bits per heavy atom.